The number of halogens is 2. The SMILES string of the molecule is CN(C)C(CNCc1cc(Br)cs1)c1ccccc1Cl. The zero-order valence-corrected chi connectivity index (χ0v) is 14.7. The molecule has 0 aliphatic carbocycles. The molecule has 0 bridgehead atoms. The first-order valence-corrected chi connectivity index (χ1v) is 8.47. The Kier molecular flexibility index (Phi) is 6.05. The monoisotopic (exact) mass is 372 g/mol. The van der Waals surface area contributed by atoms with Crippen LogP contribution in [-0.2, 0) is 6.54 Å². The molecular formula is C15H18BrClN2S. The minimum Gasteiger partial charge on any atom is -0.310 e. The standard InChI is InChI=1S/C15H18BrClN2S/c1-19(2)15(13-5-3-4-6-14(13)17)9-18-8-12-7-11(16)10-20-12/h3-7,10,15,18H,8-9H2,1-2H3. The summed E-state index contributed by atoms with van der Waals surface area (Å²) in [6.45, 7) is 1.75. The lowest BCUT2D eigenvalue weighted by molar-refractivity contribution is 0.288. The van der Waals surface area contributed by atoms with Gasteiger partial charge in [-0.05, 0) is 47.7 Å². The number of thiophene rings is 1. The molecule has 0 radical (unpaired) electrons. The number of nitrogens with zero attached hydrogens (tertiary/aromatic N) is 1. The lowest BCUT2D eigenvalue weighted by Crippen LogP contribution is -2.30. The number of hydrogen-bond donors (Lipinski definition) is 1. The highest BCUT2D eigenvalue weighted by atomic mass is 79.9. The number of benzene rings is 1. The van der Waals surface area contributed by atoms with E-state index in [0.717, 1.165) is 22.6 Å². The van der Waals surface area contributed by atoms with E-state index in [-0.39, 0.29) is 6.04 Å². The lowest BCUT2D eigenvalue weighted by Gasteiger charge is -2.26. The molecule has 1 atom stereocenters. The smallest absolute Gasteiger partial charge is 0.0481 e. The van der Waals surface area contributed by atoms with Gasteiger partial charge in [-0.2, -0.15) is 0 Å². The average molecular weight is 374 g/mol. The molecule has 2 rings (SSSR count). The first-order chi connectivity index (χ1) is 9.58. The van der Waals surface area contributed by atoms with Crippen molar-refractivity contribution in [3.63, 3.8) is 0 Å². The van der Waals surface area contributed by atoms with Gasteiger partial charge >= 0.3 is 0 Å². The van der Waals surface area contributed by atoms with E-state index in [1.54, 1.807) is 11.3 Å². The lowest BCUT2D eigenvalue weighted by atomic mass is 10.1. The van der Waals surface area contributed by atoms with E-state index in [1.165, 1.54) is 10.4 Å². The van der Waals surface area contributed by atoms with Crippen molar-refractivity contribution in [1.82, 2.24) is 10.2 Å². The summed E-state index contributed by atoms with van der Waals surface area (Å²) in [6.07, 6.45) is 0. The topological polar surface area (TPSA) is 15.3 Å². The highest BCUT2D eigenvalue weighted by Gasteiger charge is 2.16. The third kappa shape index (κ3) is 4.30. The van der Waals surface area contributed by atoms with Crippen LogP contribution in [0.2, 0.25) is 5.02 Å². The minimum atomic E-state index is 0.270. The molecule has 1 aromatic carbocycles. The van der Waals surface area contributed by atoms with Gasteiger partial charge in [-0.1, -0.05) is 29.8 Å². The second-order valence-electron chi connectivity index (χ2n) is 4.86. The van der Waals surface area contributed by atoms with Gasteiger partial charge in [0.25, 0.3) is 0 Å². The maximum Gasteiger partial charge on any atom is 0.0481 e. The third-order valence-corrected chi connectivity index (χ3v) is 5.19. The first-order valence-electron chi connectivity index (χ1n) is 6.42. The molecule has 0 amide bonds. The van der Waals surface area contributed by atoms with Crippen molar-refractivity contribution >= 4 is 38.9 Å². The predicted molar refractivity (Wildman–Crippen MR) is 91.6 cm³/mol. The van der Waals surface area contributed by atoms with Crippen LogP contribution in [0.25, 0.3) is 0 Å². The van der Waals surface area contributed by atoms with E-state index in [2.05, 4.69) is 57.8 Å². The van der Waals surface area contributed by atoms with Crippen LogP contribution in [-0.4, -0.2) is 25.5 Å². The van der Waals surface area contributed by atoms with E-state index in [1.807, 2.05) is 18.2 Å². The average Bonchev–Trinajstić information content (AvgIpc) is 2.81. The molecule has 20 heavy (non-hydrogen) atoms. The van der Waals surface area contributed by atoms with Crippen LogP contribution in [0.5, 0.6) is 0 Å². The van der Waals surface area contributed by atoms with Crippen molar-refractivity contribution < 1.29 is 0 Å². The molecule has 0 saturated carbocycles. The quantitative estimate of drug-likeness (QED) is 0.798. The summed E-state index contributed by atoms with van der Waals surface area (Å²) in [5.74, 6) is 0. The molecule has 2 aromatic rings. The Morgan fingerprint density at radius 3 is 2.70 bits per heavy atom. The molecule has 2 nitrogen and oxygen atoms in total. The molecule has 0 aliphatic rings. The number of rotatable bonds is 6. The van der Waals surface area contributed by atoms with Crippen molar-refractivity contribution in [1.29, 1.82) is 0 Å². The van der Waals surface area contributed by atoms with Gasteiger partial charge in [0.2, 0.25) is 0 Å². The summed E-state index contributed by atoms with van der Waals surface area (Å²) in [7, 11) is 4.16. The Hall–Kier alpha value is -0.390. The molecule has 108 valence electrons. The maximum absolute atomic E-state index is 6.30. The van der Waals surface area contributed by atoms with Crippen LogP contribution in [0.15, 0.2) is 40.2 Å². The summed E-state index contributed by atoms with van der Waals surface area (Å²) < 4.78 is 1.15. The Morgan fingerprint density at radius 1 is 1.35 bits per heavy atom. The second-order valence-corrected chi connectivity index (χ2v) is 7.18. The fourth-order valence-corrected chi connectivity index (χ4v) is 3.78. The number of nitrogens with one attached hydrogen (secondary N) is 1. The van der Waals surface area contributed by atoms with E-state index in [0.29, 0.717) is 0 Å². The molecule has 5 heteroatoms. The summed E-state index contributed by atoms with van der Waals surface area (Å²) in [6, 6.07) is 10.5. The van der Waals surface area contributed by atoms with E-state index >= 15 is 0 Å². The van der Waals surface area contributed by atoms with Gasteiger partial charge in [-0.3, -0.25) is 0 Å². The summed E-state index contributed by atoms with van der Waals surface area (Å²) in [5.41, 5.74) is 1.17. The molecule has 1 heterocycles. The highest BCUT2D eigenvalue weighted by Crippen LogP contribution is 2.25. The summed E-state index contributed by atoms with van der Waals surface area (Å²) >= 11 is 11.5. The predicted octanol–water partition coefficient (Wildman–Crippen LogP) is 4.56. The summed E-state index contributed by atoms with van der Waals surface area (Å²) in [5, 5.41) is 6.44. The van der Waals surface area contributed by atoms with Crippen molar-refractivity contribution in [2.45, 2.75) is 12.6 Å². The van der Waals surface area contributed by atoms with Crippen LogP contribution >= 0.6 is 38.9 Å². The molecule has 0 aliphatic heterocycles. The van der Waals surface area contributed by atoms with Crippen molar-refractivity contribution in [3.8, 4) is 0 Å². The van der Waals surface area contributed by atoms with Gasteiger partial charge in [-0.25, -0.2) is 0 Å². The van der Waals surface area contributed by atoms with Crippen molar-refractivity contribution in [3.05, 3.63) is 55.6 Å². The van der Waals surface area contributed by atoms with Gasteiger partial charge in [0.15, 0.2) is 0 Å². The number of likely N-dealkylation sites (N-methyl/N-ethyl adjacent to an activating group) is 1. The third-order valence-electron chi connectivity index (χ3n) is 3.15. The first kappa shape index (κ1) is 16.0. The normalized spacial score (nSPS) is 12.8. The molecule has 0 fully saturated rings. The Bertz CT molecular complexity index is 556. The fourth-order valence-electron chi connectivity index (χ4n) is 2.09. The Balaban J connectivity index is 1.98. The van der Waals surface area contributed by atoms with E-state index in [9.17, 15) is 0 Å². The zero-order chi connectivity index (χ0) is 14.5. The van der Waals surface area contributed by atoms with Gasteiger partial charge in [-0.15, -0.1) is 11.3 Å². The molecule has 1 unspecified atom stereocenters. The maximum atomic E-state index is 6.30. The number of hydrogen-bond acceptors (Lipinski definition) is 3. The Labute approximate surface area is 137 Å². The van der Waals surface area contributed by atoms with Crippen LogP contribution in [0.4, 0.5) is 0 Å². The highest BCUT2D eigenvalue weighted by molar-refractivity contribution is 9.10. The van der Waals surface area contributed by atoms with Crippen LogP contribution in [0.3, 0.4) is 0 Å². The van der Waals surface area contributed by atoms with Gasteiger partial charge in [0.05, 0.1) is 0 Å². The van der Waals surface area contributed by atoms with Crippen molar-refractivity contribution in [2.24, 2.45) is 0 Å². The van der Waals surface area contributed by atoms with Crippen LogP contribution in [0, 0.1) is 0 Å². The Morgan fingerprint density at radius 2 is 2.10 bits per heavy atom. The van der Waals surface area contributed by atoms with Crippen LogP contribution < -0.4 is 5.32 Å². The van der Waals surface area contributed by atoms with Crippen molar-refractivity contribution in [2.75, 3.05) is 20.6 Å². The summed E-state index contributed by atoms with van der Waals surface area (Å²) in [4.78, 5) is 3.52. The molecule has 0 spiro atoms. The van der Waals surface area contributed by atoms with E-state index in [4.69, 9.17) is 11.6 Å². The largest absolute Gasteiger partial charge is 0.310 e. The van der Waals surface area contributed by atoms with Crippen LogP contribution in [0.1, 0.15) is 16.5 Å². The fraction of sp³-hybridized carbons (Fsp3) is 0.333. The van der Waals surface area contributed by atoms with Gasteiger partial charge < -0.3 is 10.2 Å². The molecular weight excluding hydrogens is 356 g/mol. The minimum absolute atomic E-state index is 0.270. The molecule has 1 aromatic heterocycles. The van der Waals surface area contributed by atoms with E-state index < -0.39 is 0 Å². The van der Waals surface area contributed by atoms with Gasteiger partial charge in [0, 0.05) is 38.9 Å². The second kappa shape index (κ2) is 7.57. The molecule has 1 N–H and O–H groups in total. The zero-order valence-electron chi connectivity index (χ0n) is 11.6. The van der Waals surface area contributed by atoms with Gasteiger partial charge in [0.1, 0.15) is 0 Å². The molecule has 0 saturated heterocycles.